The molecule has 2 aliphatic heterocycles. The summed E-state index contributed by atoms with van der Waals surface area (Å²) >= 11 is 1.82. The summed E-state index contributed by atoms with van der Waals surface area (Å²) < 4.78 is 5.79. The molecule has 0 radical (unpaired) electrons. The van der Waals surface area contributed by atoms with Crippen LogP contribution in [0.15, 0.2) is 34.5 Å². The number of methoxy groups -OCH3 is 1. The SMILES string of the molecule is CCC(CC)=C1C(CC)CSC2=NC3(C(=O)N21)c1cc(CCC2CC2)ccc1CC31CCC(OC)CC1. The van der Waals surface area contributed by atoms with E-state index in [9.17, 15) is 0 Å². The lowest BCUT2D eigenvalue weighted by atomic mass is 9.61. The van der Waals surface area contributed by atoms with Crippen molar-refractivity contribution in [1.82, 2.24) is 4.90 Å². The molecule has 0 aromatic heterocycles. The van der Waals surface area contributed by atoms with Crippen LogP contribution in [0.1, 0.15) is 102 Å². The molecule has 0 bridgehead atoms. The maximum absolute atomic E-state index is 15.1. The molecule has 2 saturated carbocycles. The third-order valence-corrected chi connectivity index (χ3v) is 11.4. The number of aryl methyl sites for hydroxylation is 1. The molecule has 2 unspecified atom stereocenters. The maximum atomic E-state index is 15.1. The molecule has 3 fully saturated rings. The van der Waals surface area contributed by atoms with Crippen LogP contribution in [0.2, 0.25) is 0 Å². The lowest BCUT2D eigenvalue weighted by Crippen LogP contribution is -2.52. The van der Waals surface area contributed by atoms with Crippen molar-refractivity contribution < 1.29 is 9.53 Å². The highest BCUT2D eigenvalue weighted by Crippen LogP contribution is 2.63. The van der Waals surface area contributed by atoms with Crippen LogP contribution in [0.25, 0.3) is 0 Å². The number of thioether (sulfide) groups is 1. The smallest absolute Gasteiger partial charge is 0.266 e. The van der Waals surface area contributed by atoms with Crippen LogP contribution >= 0.6 is 11.8 Å². The number of ether oxygens (including phenoxy) is 1. The summed E-state index contributed by atoms with van der Waals surface area (Å²) in [6.07, 6.45) is 13.5. The first-order valence-corrected chi connectivity index (χ1v) is 15.9. The lowest BCUT2D eigenvalue weighted by Gasteiger charge is -2.45. The fourth-order valence-electron chi connectivity index (χ4n) is 7.87. The molecule has 1 aromatic carbocycles. The lowest BCUT2D eigenvalue weighted by molar-refractivity contribution is -0.137. The molecule has 4 nitrogen and oxygen atoms in total. The highest BCUT2D eigenvalue weighted by Gasteiger charge is 2.67. The van der Waals surface area contributed by atoms with Crippen LogP contribution in [0.4, 0.5) is 0 Å². The van der Waals surface area contributed by atoms with Gasteiger partial charge in [-0.3, -0.25) is 9.69 Å². The van der Waals surface area contributed by atoms with Crippen LogP contribution in [0.3, 0.4) is 0 Å². The van der Waals surface area contributed by atoms with Crippen LogP contribution < -0.4 is 0 Å². The molecule has 5 heteroatoms. The third kappa shape index (κ3) is 3.97. The number of nitrogens with zero attached hydrogens (tertiary/aromatic N) is 2. The van der Waals surface area contributed by atoms with E-state index >= 15 is 4.79 Å². The number of rotatable bonds is 7. The van der Waals surface area contributed by atoms with E-state index in [2.05, 4.69) is 43.9 Å². The Hall–Kier alpha value is -1.59. The van der Waals surface area contributed by atoms with Gasteiger partial charge in [0, 0.05) is 29.9 Å². The first-order chi connectivity index (χ1) is 18.0. The van der Waals surface area contributed by atoms with Gasteiger partial charge >= 0.3 is 0 Å². The number of amides is 1. The quantitative estimate of drug-likeness (QED) is 0.376. The monoisotopic (exact) mass is 520 g/mol. The maximum Gasteiger partial charge on any atom is 0.266 e. The van der Waals surface area contributed by atoms with Crippen LogP contribution in [-0.4, -0.2) is 34.9 Å². The van der Waals surface area contributed by atoms with Crippen molar-refractivity contribution >= 4 is 22.8 Å². The summed E-state index contributed by atoms with van der Waals surface area (Å²) in [5.41, 5.74) is 5.77. The van der Waals surface area contributed by atoms with Crippen molar-refractivity contribution in [2.75, 3.05) is 12.9 Å². The molecule has 1 aromatic rings. The molecular formula is C32H44N2O2S. The molecule has 5 aliphatic rings. The van der Waals surface area contributed by atoms with Gasteiger partial charge in [0.15, 0.2) is 10.7 Å². The molecule has 3 aliphatic carbocycles. The van der Waals surface area contributed by atoms with Crippen LogP contribution in [0.5, 0.6) is 0 Å². The van der Waals surface area contributed by atoms with Gasteiger partial charge in [-0.1, -0.05) is 69.1 Å². The van der Waals surface area contributed by atoms with Gasteiger partial charge in [0.05, 0.1) is 6.10 Å². The molecule has 1 saturated heterocycles. The Bertz CT molecular complexity index is 1120. The Labute approximate surface area is 227 Å². The summed E-state index contributed by atoms with van der Waals surface area (Å²) in [4.78, 5) is 22.8. The Morgan fingerprint density at radius 1 is 1.14 bits per heavy atom. The summed E-state index contributed by atoms with van der Waals surface area (Å²) in [6.45, 7) is 6.77. The van der Waals surface area contributed by atoms with E-state index in [0.717, 1.165) is 74.6 Å². The Morgan fingerprint density at radius 3 is 2.54 bits per heavy atom. The molecule has 2 atom stereocenters. The predicted molar refractivity (Wildman–Crippen MR) is 153 cm³/mol. The van der Waals surface area contributed by atoms with E-state index < -0.39 is 5.54 Å². The summed E-state index contributed by atoms with van der Waals surface area (Å²) in [5.74, 6) is 2.61. The van der Waals surface area contributed by atoms with Crippen LogP contribution in [-0.2, 0) is 27.9 Å². The normalized spacial score (nSPS) is 32.8. The number of hydrogen-bond acceptors (Lipinski definition) is 4. The zero-order valence-electron chi connectivity index (χ0n) is 23.3. The number of carbonyl (C=O) groups is 1. The second-order valence-electron chi connectivity index (χ2n) is 12.2. The first-order valence-electron chi connectivity index (χ1n) is 14.9. The Kier molecular flexibility index (Phi) is 6.84. The number of amidine groups is 1. The fraction of sp³-hybridized carbons (Fsp3) is 0.688. The van der Waals surface area contributed by atoms with E-state index in [1.807, 2.05) is 18.9 Å². The molecule has 200 valence electrons. The standard InChI is InChI=1S/C32H44N2O2S/c1-5-23(6-2)28-24(7-3)20-37-30-33-32(29(35)34(28)30)27-18-22(11-10-21-8-9-21)12-13-25(27)19-31(32)16-14-26(36-4)15-17-31/h12-13,18,21,24,26H,5-11,14-17,19-20H2,1-4H3. The predicted octanol–water partition coefficient (Wildman–Crippen LogP) is 7.40. The van der Waals surface area contributed by atoms with E-state index in [1.165, 1.54) is 47.2 Å². The van der Waals surface area contributed by atoms with E-state index in [-0.39, 0.29) is 11.3 Å². The van der Waals surface area contributed by atoms with Crippen molar-refractivity contribution in [3.05, 3.63) is 46.2 Å². The summed E-state index contributed by atoms with van der Waals surface area (Å²) in [6, 6.07) is 7.10. The molecule has 2 spiro atoms. The van der Waals surface area contributed by atoms with Crippen molar-refractivity contribution in [3.8, 4) is 0 Å². The van der Waals surface area contributed by atoms with E-state index in [1.54, 1.807) is 0 Å². The molecule has 0 N–H and O–H groups in total. The highest BCUT2D eigenvalue weighted by atomic mass is 32.2. The molecule has 6 rings (SSSR count). The number of aliphatic imine (C=N–C) groups is 1. The first kappa shape index (κ1) is 25.7. The average Bonchev–Trinajstić information content (AvgIpc) is 3.66. The second-order valence-corrected chi connectivity index (χ2v) is 13.2. The highest BCUT2D eigenvalue weighted by molar-refractivity contribution is 8.14. The van der Waals surface area contributed by atoms with Gasteiger partial charge in [0.1, 0.15) is 0 Å². The van der Waals surface area contributed by atoms with Gasteiger partial charge in [-0.05, 0) is 86.8 Å². The van der Waals surface area contributed by atoms with Crippen molar-refractivity contribution in [2.24, 2.45) is 22.2 Å². The molecular weight excluding hydrogens is 476 g/mol. The van der Waals surface area contributed by atoms with Crippen molar-refractivity contribution in [1.29, 1.82) is 0 Å². The third-order valence-electron chi connectivity index (χ3n) is 10.3. The van der Waals surface area contributed by atoms with E-state index in [0.29, 0.717) is 12.0 Å². The van der Waals surface area contributed by atoms with Gasteiger partial charge in [0.25, 0.3) is 5.91 Å². The Balaban J connectivity index is 1.48. The summed E-state index contributed by atoms with van der Waals surface area (Å²) in [5, 5.41) is 0.966. The van der Waals surface area contributed by atoms with Gasteiger partial charge in [-0.25, -0.2) is 4.99 Å². The number of fused-ring (bicyclic) bond motifs is 4. The number of hydrogen-bond donors (Lipinski definition) is 0. The molecule has 2 heterocycles. The van der Waals surface area contributed by atoms with Crippen molar-refractivity contribution in [3.63, 3.8) is 0 Å². The fourth-order valence-corrected chi connectivity index (χ4v) is 9.13. The minimum Gasteiger partial charge on any atom is -0.381 e. The minimum absolute atomic E-state index is 0.146. The number of allylic oxidation sites excluding steroid dienone is 2. The zero-order chi connectivity index (χ0) is 25.8. The average molecular weight is 521 g/mol. The molecule has 37 heavy (non-hydrogen) atoms. The van der Waals surface area contributed by atoms with Gasteiger partial charge in [0.2, 0.25) is 0 Å². The van der Waals surface area contributed by atoms with Gasteiger partial charge < -0.3 is 4.74 Å². The number of carbonyl (C=O) groups excluding carboxylic acids is 1. The molecule has 1 amide bonds. The minimum atomic E-state index is -0.778. The van der Waals surface area contributed by atoms with Crippen molar-refractivity contribution in [2.45, 2.75) is 109 Å². The second kappa shape index (κ2) is 9.86. The summed E-state index contributed by atoms with van der Waals surface area (Å²) in [7, 11) is 1.84. The number of benzene rings is 1. The topological polar surface area (TPSA) is 41.9 Å². The van der Waals surface area contributed by atoms with E-state index in [4.69, 9.17) is 9.73 Å². The van der Waals surface area contributed by atoms with Gasteiger partial charge in [-0.2, -0.15) is 0 Å². The van der Waals surface area contributed by atoms with Gasteiger partial charge in [-0.15, -0.1) is 0 Å². The largest absolute Gasteiger partial charge is 0.381 e. The zero-order valence-corrected chi connectivity index (χ0v) is 24.1. The Morgan fingerprint density at radius 2 is 1.89 bits per heavy atom. The van der Waals surface area contributed by atoms with Crippen LogP contribution in [0, 0.1) is 17.3 Å².